The molecule has 0 aliphatic carbocycles. The lowest BCUT2D eigenvalue weighted by molar-refractivity contribution is 0.103. The molecule has 2 rings (SSSR count). The molecule has 1 aromatic carbocycles. The molecule has 0 fully saturated rings. The van der Waals surface area contributed by atoms with Gasteiger partial charge in [0.25, 0.3) is 5.91 Å². The molecule has 1 heterocycles. The van der Waals surface area contributed by atoms with Crippen molar-refractivity contribution >= 4 is 34.6 Å². The van der Waals surface area contributed by atoms with Gasteiger partial charge < -0.3 is 20.7 Å². The van der Waals surface area contributed by atoms with Crippen LogP contribution in [0.15, 0.2) is 41.8 Å². The molecule has 3 amide bonds. The molecule has 0 unspecified atom stereocenters. The summed E-state index contributed by atoms with van der Waals surface area (Å²) in [5.74, 6) is -0.168. The topological polar surface area (TPSA) is 79.5 Å². The molecule has 0 atom stereocenters. The van der Waals surface area contributed by atoms with Crippen LogP contribution in [0.5, 0.6) is 0 Å². The van der Waals surface area contributed by atoms with Gasteiger partial charge in [-0.25, -0.2) is 4.79 Å². The fraction of sp³-hybridized carbons (Fsp3) is 0.250. The Bertz CT molecular complexity index is 644. The Morgan fingerprint density at radius 3 is 2.61 bits per heavy atom. The lowest BCUT2D eigenvalue weighted by Crippen LogP contribution is -2.31. The number of ether oxygens (including phenoxy) is 1. The second-order valence-corrected chi connectivity index (χ2v) is 5.54. The fourth-order valence-electron chi connectivity index (χ4n) is 1.83. The third-order valence-corrected chi connectivity index (χ3v) is 3.73. The summed E-state index contributed by atoms with van der Waals surface area (Å²) < 4.78 is 5.14. The van der Waals surface area contributed by atoms with E-state index in [4.69, 9.17) is 4.74 Å². The van der Waals surface area contributed by atoms with E-state index in [0.717, 1.165) is 0 Å². The van der Waals surface area contributed by atoms with Crippen molar-refractivity contribution in [3.63, 3.8) is 0 Å². The minimum absolute atomic E-state index is 0.168. The summed E-state index contributed by atoms with van der Waals surface area (Å²) in [6.45, 7) is 3.43. The normalized spacial score (nSPS) is 10.1. The second-order valence-electron chi connectivity index (χ2n) is 4.59. The van der Waals surface area contributed by atoms with Gasteiger partial charge in [-0.15, -0.1) is 11.3 Å². The smallest absolute Gasteiger partial charge is 0.319 e. The first-order valence-electron chi connectivity index (χ1n) is 7.26. The van der Waals surface area contributed by atoms with E-state index in [1.165, 1.54) is 11.3 Å². The lowest BCUT2D eigenvalue weighted by Gasteiger charge is -2.09. The minimum Gasteiger partial charge on any atom is -0.380 e. The van der Waals surface area contributed by atoms with Gasteiger partial charge in [-0.05, 0) is 36.6 Å². The number of benzene rings is 1. The van der Waals surface area contributed by atoms with Gasteiger partial charge >= 0.3 is 6.03 Å². The maximum absolute atomic E-state index is 12.0. The Balaban J connectivity index is 1.87. The second kappa shape index (κ2) is 8.92. The first kappa shape index (κ1) is 17.0. The number of rotatable bonds is 7. The first-order chi connectivity index (χ1) is 11.2. The first-order valence-corrected chi connectivity index (χ1v) is 8.14. The number of carbonyl (C=O) groups excluding carboxylic acids is 2. The molecule has 7 heteroatoms. The van der Waals surface area contributed by atoms with Crippen LogP contribution in [0.1, 0.15) is 16.6 Å². The zero-order valence-corrected chi connectivity index (χ0v) is 13.6. The Morgan fingerprint density at radius 2 is 1.91 bits per heavy atom. The molecular formula is C16H19N3O3S. The lowest BCUT2D eigenvalue weighted by atomic mass is 10.2. The number of urea groups is 1. The average Bonchev–Trinajstić information content (AvgIpc) is 3.06. The molecule has 122 valence electrons. The van der Waals surface area contributed by atoms with Crippen molar-refractivity contribution in [2.75, 3.05) is 30.4 Å². The average molecular weight is 333 g/mol. The molecule has 0 spiro atoms. The van der Waals surface area contributed by atoms with E-state index in [1.807, 2.05) is 18.4 Å². The van der Waals surface area contributed by atoms with Crippen molar-refractivity contribution in [1.29, 1.82) is 0 Å². The Labute approximate surface area is 138 Å². The van der Waals surface area contributed by atoms with Crippen molar-refractivity contribution < 1.29 is 14.3 Å². The van der Waals surface area contributed by atoms with Crippen LogP contribution in [0.2, 0.25) is 0 Å². The predicted octanol–water partition coefficient (Wildman–Crippen LogP) is 3.16. The van der Waals surface area contributed by atoms with Gasteiger partial charge in [0.1, 0.15) is 0 Å². The third-order valence-electron chi connectivity index (χ3n) is 2.86. The molecule has 23 heavy (non-hydrogen) atoms. The van der Waals surface area contributed by atoms with Gasteiger partial charge in [-0.2, -0.15) is 0 Å². The van der Waals surface area contributed by atoms with Gasteiger partial charge in [0.05, 0.1) is 11.5 Å². The van der Waals surface area contributed by atoms with Gasteiger partial charge in [0.2, 0.25) is 0 Å². The summed E-state index contributed by atoms with van der Waals surface area (Å²) in [5, 5.41) is 10.0. The Hall–Kier alpha value is -2.38. The molecule has 1 aromatic heterocycles. The van der Waals surface area contributed by atoms with Gasteiger partial charge in [-0.3, -0.25) is 4.79 Å². The number of hydrogen-bond donors (Lipinski definition) is 3. The zero-order chi connectivity index (χ0) is 16.5. The maximum Gasteiger partial charge on any atom is 0.319 e. The number of thiophene rings is 1. The molecule has 0 saturated heterocycles. The minimum atomic E-state index is -0.313. The molecule has 3 N–H and O–H groups in total. The van der Waals surface area contributed by atoms with E-state index in [0.29, 0.717) is 36.0 Å². The molecule has 0 aliphatic rings. The van der Waals surface area contributed by atoms with Crippen molar-refractivity contribution in [3.05, 3.63) is 46.7 Å². The Morgan fingerprint density at radius 1 is 1.13 bits per heavy atom. The fourth-order valence-corrected chi connectivity index (χ4v) is 2.45. The highest BCUT2D eigenvalue weighted by molar-refractivity contribution is 7.12. The van der Waals surface area contributed by atoms with Crippen LogP contribution in [-0.4, -0.2) is 31.7 Å². The van der Waals surface area contributed by atoms with Crippen LogP contribution in [0.3, 0.4) is 0 Å². The zero-order valence-electron chi connectivity index (χ0n) is 12.8. The molecule has 6 nitrogen and oxygen atoms in total. The van der Waals surface area contributed by atoms with Crippen molar-refractivity contribution in [3.8, 4) is 0 Å². The Kier molecular flexibility index (Phi) is 6.58. The summed E-state index contributed by atoms with van der Waals surface area (Å²) in [7, 11) is 0. The number of nitrogens with one attached hydrogen (secondary N) is 3. The highest BCUT2D eigenvalue weighted by Crippen LogP contribution is 2.17. The highest BCUT2D eigenvalue weighted by atomic mass is 32.1. The summed E-state index contributed by atoms with van der Waals surface area (Å²) in [6, 6.07) is 10.3. The number of amides is 3. The number of anilines is 2. The number of hydrogen-bond acceptors (Lipinski definition) is 4. The summed E-state index contributed by atoms with van der Waals surface area (Å²) in [5.41, 5.74) is 1.22. The van der Waals surface area contributed by atoms with E-state index < -0.39 is 0 Å². The van der Waals surface area contributed by atoms with Gasteiger partial charge in [-0.1, -0.05) is 12.1 Å². The largest absolute Gasteiger partial charge is 0.380 e. The molecule has 0 saturated carbocycles. The third kappa shape index (κ3) is 5.72. The quantitative estimate of drug-likeness (QED) is 0.681. The monoisotopic (exact) mass is 333 g/mol. The van der Waals surface area contributed by atoms with Crippen LogP contribution in [-0.2, 0) is 4.74 Å². The van der Waals surface area contributed by atoms with Crippen LogP contribution >= 0.6 is 11.3 Å². The highest BCUT2D eigenvalue weighted by Gasteiger charge is 2.07. The molecule has 2 aromatic rings. The van der Waals surface area contributed by atoms with Crippen LogP contribution in [0.4, 0.5) is 16.2 Å². The van der Waals surface area contributed by atoms with Crippen molar-refractivity contribution in [1.82, 2.24) is 5.32 Å². The summed E-state index contributed by atoms with van der Waals surface area (Å²) >= 11 is 1.37. The molecular weight excluding hydrogens is 314 g/mol. The molecule has 0 aliphatic heterocycles. The van der Waals surface area contributed by atoms with E-state index in [1.54, 1.807) is 30.3 Å². The predicted molar refractivity (Wildman–Crippen MR) is 92.2 cm³/mol. The van der Waals surface area contributed by atoms with Crippen LogP contribution in [0.25, 0.3) is 0 Å². The van der Waals surface area contributed by atoms with Crippen LogP contribution in [0, 0.1) is 0 Å². The molecule has 0 bridgehead atoms. The van der Waals surface area contributed by atoms with E-state index in [2.05, 4.69) is 16.0 Å². The van der Waals surface area contributed by atoms with Crippen molar-refractivity contribution in [2.45, 2.75) is 6.92 Å². The maximum atomic E-state index is 12.0. The van der Waals surface area contributed by atoms with Crippen molar-refractivity contribution in [2.24, 2.45) is 0 Å². The van der Waals surface area contributed by atoms with E-state index in [9.17, 15) is 9.59 Å². The number of carbonyl (C=O) groups is 2. The van der Waals surface area contributed by atoms with E-state index in [-0.39, 0.29) is 11.9 Å². The standard InChI is InChI=1S/C16H19N3O3S/c1-2-22-9-8-17-16(21)19-13-6-3-5-12(11-13)18-15(20)14-7-4-10-23-14/h3-7,10-11H,2,8-9H2,1H3,(H,18,20)(H2,17,19,21). The summed E-state index contributed by atoms with van der Waals surface area (Å²) in [6.07, 6.45) is 0. The van der Waals surface area contributed by atoms with Crippen LogP contribution < -0.4 is 16.0 Å². The van der Waals surface area contributed by atoms with Gasteiger partial charge in [0.15, 0.2) is 0 Å². The summed E-state index contributed by atoms with van der Waals surface area (Å²) in [4.78, 5) is 24.4. The van der Waals surface area contributed by atoms with Gasteiger partial charge in [0, 0.05) is 24.5 Å². The molecule has 0 radical (unpaired) electrons. The SMILES string of the molecule is CCOCCNC(=O)Nc1cccc(NC(=O)c2cccs2)c1. The van der Waals surface area contributed by atoms with E-state index >= 15 is 0 Å².